The van der Waals surface area contributed by atoms with E-state index in [1.165, 1.54) is 17.7 Å². The number of ether oxygens (including phenoxy) is 1. The Morgan fingerprint density at radius 2 is 1.81 bits per heavy atom. The molecule has 0 unspecified atom stereocenters. The number of aromatic nitrogens is 2. The fourth-order valence-corrected chi connectivity index (χ4v) is 4.05. The van der Waals surface area contributed by atoms with E-state index >= 15 is 0 Å². The largest absolute Gasteiger partial charge is 0.481 e. The highest BCUT2D eigenvalue weighted by Gasteiger charge is 2.32. The highest BCUT2D eigenvalue weighted by Crippen LogP contribution is 2.28. The molecule has 0 radical (unpaired) electrons. The molecule has 1 aliphatic rings. The van der Waals surface area contributed by atoms with E-state index in [1.807, 2.05) is 47.1 Å². The van der Waals surface area contributed by atoms with Crippen LogP contribution < -0.4 is 4.74 Å². The molecule has 1 saturated heterocycles. The average molecular weight is 423 g/mol. The van der Waals surface area contributed by atoms with Gasteiger partial charge in [-0.1, -0.05) is 36.4 Å². The predicted octanol–water partition coefficient (Wildman–Crippen LogP) is 3.26. The van der Waals surface area contributed by atoms with Crippen LogP contribution in [0.1, 0.15) is 24.4 Å². The molecule has 4 rings (SSSR count). The molecule has 7 heteroatoms. The van der Waals surface area contributed by atoms with Crippen molar-refractivity contribution in [2.45, 2.75) is 19.1 Å². The molecule has 0 spiro atoms. The zero-order chi connectivity index (χ0) is 21.8. The summed E-state index contributed by atoms with van der Waals surface area (Å²) in [7, 11) is 2.00. The molecule has 0 aliphatic carbocycles. The summed E-state index contributed by atoms with van der Waals surface area (Å²) in [6.07, 6.45) is 3.10. The lowest BCUT2D eigenvalue weighted by Crippen LogP contribution is -2.52. The highest BCUT2D eigenvalue weighted by atomic mass is 19.1. The third-order valence-corrected chi connectivity index (χ3v) is 5.67. The van der Waals surface area contributed by atoms with Crippen LogP contribution in [0.2, 0.25) is 0 Å². The van der Waals surface area contributed by atoms with Crippen LogP contribution in [-0.2, 0) is 11.8 Å². The molecule has 1 aromatic heterocycles. The van der Waals surface area contributed by atoms with E-state index in [0.717, 1.165) is 18.9 Å². The van der Waals surface area contributed by atoms with Crippen molar-refractivity contribution in [3.63, 3.8) is 0 Å². The topological polar surface area (TPSA) is 50.6 Å². The lowest BCUT2D eigenvalue weighted by Gasteiger charge is -2.39. The van der Waals surface area contributed by atoms with Gasteiger partial charge in [0, 0.05) is 51.7 Å². The van der Waals surface area contributed by atoms with Gasteiger partial charge in [-0.15, -0.1) is 0 Å². The predicted molar refractivity (Wildman–Crippen MR) is 116 cm³/mol. The first-order valence-electron chi connectivity index (χ1n) is 10.5. The maximum absolute atomic E-state index is 13.4. The van der Waals surface area contributed by atoms with Gasteiger partial charge in [0.25, 0.3) is 5.91 Å². The molecule has 2 heterocycles. The molecule has 1 fully saturated rings. The second-order valence-electron chi connectivity index (χ2n) is 7.79. The minimum atomic E-state index is -0.673. The Bertz CT molecular complexity index is 1020. The number of hydrogen-bond acceptors (Lipinski definition) is 4. The maximum Gasteiger partial charge on any atom is 0.263 e. The molecule has 1 amide bonds. The first kappa shape index (κ1) is 21.1. The zero-order valence-electron chi connectivity index (χ0n) is 17.8. The summed E-state index contributed by atoms with van der Waals surface area (Å²) in [5, 5.41) is 0. The first-order valence-corrected chi connectivity index (χ1v) is 10.5. The van der Waals surface area contributed by atoms with Crippen molar-refractivity contribution in [1.29, 1.82) is 0 Å². The van der Waals surface area contributed by atoms with Crippen LogP contribution in [0.15, 0.2) is 67.0 Å². The number of nitrogens with zero attached hydrogens (tertiary/aromatic N) is 4. The first-order chi connectivity index (χ1) is 15.0. The number of benzene rings is 2. The number of imidazole rings is 1. The van der Waals surface area contributed by atoms with Crippen LogP contribution in [0.3, 0.4) is 0 Å². The number of aryl methyl sites for hydroxylation is 1. The molecule has 0 N–H and O–H groups in total. The minimum absolute atomic E-state index is 0.0272. The van der Waals surface area contributed by atoms with Crippen molar-refractivity contribution >= 4 is 5.91 Å². The summed E-state index contributed by atoms with van der Waals surface area (Å²) >= 11 is 0. The van der Waals surface area contributed by atoms with Gasteiger partial charge in [-0.3, -0.25) is 9.69 Å². The third-order valence-electron chi connectivity index (χ3n) is 5.67. The molecule has 3 aromatic rings. The number of carbonyl (C=O) groups is 1. The Hall–Kier alpha value is -3.19. The van der Waals surface area contributed by atoms with E-state index in [4.69, 9.17) is 4.74 Å². The summed E-state index contributed by atoms with van der Waals surface area (Å²) < 4.78 is 21.1. The zero-order valence-corrected chi connectivity index (χ0v) is 17.8. The average Bonchev–Trinajstić information content (AvgIpc) is 3.20. The summed E-state index contributed by atoms with van der Waals surface area (Å²) in [4.78, 5) is 21.7. The Morgan fingerprint density at radius 1 is 1.06 bits per heavy atom. The van der Waals surface area contributed by atoms with Gasteiger partial charge in [0.2, 0.25) is 0 Å². The number of carbonyl (C=O) groups excluding carboxylic acids is 1. The molecule has 2 atom stereocenters. The van der Waals surface area contributed by atoms with Crippen LogP contribution in [-0.4, -0.2) is 57.5 Å². The number of rotatable bonds is 6. The standard InChI is InChI=1S/C24H27FN4O2/c1-18(31-21-10-6-9-20(25)17-21)24(30)29-15-13-28(14-16-29)22(19-7-4-3-5-8-19)23-26-11-12-27(23)2/h3-12,17-18,22H,13-16H2,1-2H3/t18-,22-/m0/s1. The van der Waals surface area contributed by atoms with Gasteiger partial charge in [-0.05, 0) is 24.6 Å². The van der Waals surface area contributed by atoms with Crippen LogP contribution in [0.4, 0.5) is 4.39 Å². The number of amides is 1. The van der Waals surface area contributed by atoms with Crippen LogP contribution in [0.5, 0.6) is 5.75 Å². The fraction of sp³-hybridized carbons (Fsp3) is 0.333. The second-order valence-corrected chi connectivity index (χ2v) is 7.79. The summed E-state index contributed by atoms with van der Waals surface area (Å²) in [5.41, 5.74) is 1.18. The Balaban J connectivity index is 1.43. The van der Waals surface area contributed by atoms with Gasteiger partial charge in [0.15, 0.2) is 6.10 Å². The molecule has 0 saturated carbocycles. The molecule has 6 nitrogen and oxygen atoms in total. The molecule has 31 heavy (non-hydrogen) atoms. The summed E-state index contributed by atoms with van der Waals surface area (Å²) in [6.45, 7) is 4.36. The van der Waals surface area contributed by atoms with E-state index in [9.17, 15) is 9.18 Å². The Labute approximate surface area is 181 Å². The van der Waals surface area contributed by atoms with Crippen LogP contribution in [0, 0.1) is 5.82 Å². The van der Waals surface area contributed by atoms with E-state index in [2.05, 4.69) is 22.0 Å². The SMILES string of the molecule is C[C@H](Oc1cccc(F)c1)C(=O)N1CCN([C@@H](c2ccccc2)c2nccn2C)CC1. The maximum atomic E-state index is 13.4. The van der Waals surface area contributed by atoms with E-state index in [0.29, 0.717) is 18.8 Å². The van der Waals surface area contributed by atoms with Crippen molar-refractivity contribution < 1.29 is 13.9 Å². The number of piperazine rings is 1. The normalized spacial score (nSPS) is 16.7. The van der Waals surface area contributed by atoms with Gasteiger partial charge in [-0.2, -0.15) is 0 Å². The molecular formula is C24H27FN4O2. The second kappa shape index (κ2) is 9.31. The Morgan fingerprint density at radius 3 is 2.45 bits per heavy atom. The molecule has 162 valence electrons. The molecule has 1 aliphatic heterocycles. The minimum Gasteiger partial charge on any atom is -0.481 e. The number of hydrogen-bond donors (Lipinski definition) is 0. The van der Waals surface area contributed by atoms with Crippen molar-refractivity contribution in [2.24, 2.45) is 7.05 Å². The lowest BCUT2D eigenvalue weighted by molar-refractivity contribution is -0.140. The monoisotopic (exact) mass is 422 g/mol. The van der Waals surface area contributed by atoms with E-state index < -0.39 is 6.10 Å². The van der Waals surface area contributed by atoms with Crippen LogP contribution >= 0.6 is 0 Å². The van der Waals surface area contributed by atoms with Gasteiger partial charge in [0.1, 0.15) is 17.4 Å². The lowest BCUT2D eigenvalue weighted by atomic mass is 10.0. The van der Waals surface area contributed by atoms with Crippen molar-refractivity contribution in [3.8, 4) is 5.75 Å². The smallest absolute Gasteiger partial charge is 0.263 e. The third kappa shape index (κ3) is 4.77. The van der Waals surface area contributed by atoms with Gasteiger partial charge in [0.05, 0.1) is 6.04 Å². The molecule has 0 bridgehead atoms. The number of halogens is 1. The molecule has 2 aromatic carbocycles. The highest BCUT2D eigenvalue weighted by molar-refractivity contribution is 5.81. The van der Waals surface area contributed by atoms with Crippen molar-refractivity contribution in [2.75, 3.05) is 26.2 Å². The van der Waals surface area contributed by atoms with Crippen molar-refractivity contribution in [1.82, 2.24) is 19.4 Å². The molecular weight excluding hydrogens is 395 g/mol. The fourth-order valence-electron chi connectivity index (χ4n) is 4.05. The Kier molecular flexibility index (Phi) is 6.32. The van der Waals surface area contributed by atoms with E-state index in [1.54, 1.807) is 19.1 Å². The van der Waals surface area contributed by atoms with Gasteiger partial charge >= 0.3 is 0 Å². The van der Waals surface area contributed by atoms with Gasteiger partial charge < -0.3 is 14.2 Å². The summed E-state index contributed by atoms with van der Waals surface area (Å²) in [6, 6.07) is 16.2. The van der Waals surface area contributed by atoms with Gasteiger partial charge in [-0.25, -0.2) is 9.37 Å². The van der Waals surface area contributed by atoms with Crippen molar-refractivity contribution in [3.05, 3.63) is 84.2 Å². The van der Waals surface area contributed by atoms with E-state index in [-0.39, 0.29) is 17.8 Å². The van der Waals surface area contributed by atoms with Crippen LogP contribution in [0.25, 0.3) is 0 Å². The summed E-state index contributed by atoms with van der Waals surface area (Å²) in [5.74, 6) is 0.872. The quantitative estimate of drug-likeness (QED) is 0.612.